The SMILES string of the molecule is CC(C)NN(C(=O)CCN)C(C)C. The molecule has 0 atom stereocenters. The summed E-state index contributed by atoms with van der Waals surface area (Å²) in [7, 11) is 0. The highest BCUT2D eigenvalue weighted by atomic mass is 16.2. The van der Waals surface area contributed by atoms with Crippen LogP contribution >= 0.6 is 0 Å². The predicted molar refractivity (Wildman–Crippen MR) is 53.9 cm³/mol. The van der Waals surface area contributed by atoms with Gasteiger partial charge >= 0.3 is 0 Å². The Balaban J connectivity index is 4.15. The van der Waals surface area contributed by atoms with E-state index in [0.717, 1.165) is 0 Å². The maximum atomic E-state index is 11.5. The summed E-state index contributed by atoms with van der Waals surface area (Å²) in [5, 5.41) is 1.65. The standard InChI is InChI=1S/C9H21N3O/c1-7(2)11-12(8(3)4)9(13)5-6-10/h7-8,11H,5-6,10H2,1-4H3. The Morgan fingerprint density at radius 1 is 1.38 bits per heavy atom. The first-order chi connectivity index (χ1) is 5.99. The van der Waals surface area contributed by atoms with Gasteiger partial charge in [-0.15, -0.1) is 0 Å². The second-order valence-corrected chi connectivity index (χ2v) is 3.68. The van der Waals surface area contributed by atoms with E-state index in [1.807, 2.05) is 27.7 Å². The number of carbonyl (C=O) groups excluding carboxylic acids is 1. The molecular formula is C9H21N3O. The van der Waals surface area contributed by atoms with E-state index in [4.69, 9.17) is 5.73 Å². The number of nitrogens with zero attached hydrogens (tertiary/aromatic N) is 1. The normalized spacial score (nSPS) is 11.0. The second kappa shape index (κ2) is 5.94. The van der Waals surface area contributed by atoms with Gasteiger partial charge in [0.2, 0.25) is 5.91 Å². The first-order valence-corrected chi connectivity index (χ1v) is 4.77. The molecule has 0 aromatic heterocycles. The fourth-order valence-electron chi connectivity index (χ4n) is 1.03. The molecule has 0 aromatic carbocycles. The van der Waals surface area contributed by atoms with Crippen molar-refractivity contribution in [3.8, 4) is 0 Å². The van der Waals surface area contributed by atoms with Crippen LogP contribution in [0.3, 0.4) is 0 Å². The highest BCUT2D eigenvalue weighted by Crippen LogP contribution is 1.98. The van der Waals surface area contributed by atoms with Gasteiger partial charge in [0.05, 0.1) is 0 Å². The average molecular weight is 187 g/mol. The lowest BCUT2D eigenvalue weighted by molar-refractivity contribution is -0.137. The Kier molecular flexibility index (Phi) is 5.66. The van der Waals surface area contributed by atoms with Crippen LogP contribution in [-0.4, -0.2) is 29.5 Å². The van der Waals surface area contributed by atoms with Crippen molar-refractivity contribution in [2.24, 2.45) is 5.73 Å². The summed E-state index contributed by atoms with van der Waals surface area (Å²) in [5.74, 6) is 0.0613. The summed E-state index contributed by atoms with van der Waals surface area (Å²) >= 11 is 0. The summed E-state index contributed by atoms with van der Waals surface area (Å²) < 4.78 is 0. The van der Waals surface area contributed by atoms with Gasteiger partial charge < -0.3 is 5.73 Å². The van der Waals surface area contributed by atoms with Crippen LogP contribution in [0.15, 0.2) is 0 Å². The van der Waals surface area contributed by atoms with Crippen molar-refractivity contribution in [1.82, 2.24) is 10.4 Å². The fourth-order valence-corrected chi connectivity index (χ4v) is 1.03. The van der Waals surface area contributed by atoms with Crippen LogP contribution in [0.4, 0.5) is 0 Å². The largest absolute Gasteiger partial charge is 0.330 e. The van der Waals surface area contributed by atoms with Gasteiger partial charge in [-0.25, -0.2) is 5.43 Å². The maximum Gasteiger partial charge on any atom is 0.238 e. The molecule has 0 aliphatic heterocycles. The van der Waals surface area contributed by atoms with Crippen LogP contribution in [0.1, 0.15) is 34.1 Å². The van der Waals surface area contributed by atoms with Crippen molar-refractivity contribution in [2.75, 3.05) is 6.54 Å². The average Bonchev–Trinajstić information content (AvgIpc) is 1.99. The zero-order chi connectivity index (χ0) is 10.4. The molecule has 0 unspecified atom stereocenters. The second-order valence-electron chi connectivity index (χ2n) is 3.68. The summed E-state index contributed by atoms with van der Waals surface area (Å²) in [5.41, 5.74) is 8.41. The van der Waals surface area contributed by atoms with E-state index in [-0.39, 0.29) is 18.0 Å². The van der Waals surface area contributed by atoms with Crippen molar-refractivity contribution in [3.63, 3.8) is 0 Å². The molecule has 0 saturated carbocycles. The topological polar surface area (TPSA) is 58.4 Å². The molecule has 0 aromatic rings. The molecule has 0 fully saturated rings. The lowest BCUT2D eigenvalue weighted by atomic mass is 10.3. The van der Waals surface area contributed by atoms with Gasteiger partial charge in [0, 0.05) is 25.0 Å². The molecule has 3 N–H and O–H groups in total. The van der Waals surface area contributed by atoms with E-state index in [9.17, 15) is 4.79 Å². The minimum absolute atomic E-state index is 0.0613. The molecule has 0 heterocycles. The third kappa shape index (κ3) is 4.85. The number of nitrogens with two attached hydrogens (primary N) is 1. The van der Waals surface area contributed by atoms with Crippen molar-refractivity contribution in [3.05, 3.63) is 0 Å². The number of rotatable bonds is 5. The zero-order valence-corrected chi connectivity index (χ0v) is 9.00. The van der Waals surface area contributed by atoms with Crippen LogP contribution in [0.2, 0.25) is 0 Å². The molecular weight excluding hydrogens is 166 g/mol. The van der Waals surface area contributed by atoms with Crippen molar-refractivity contribution >= 4 is 5.91 Å². The molecule has 0 aliphatic carbocycles. The van der Waals surface area contributed by atoms with E-state index in [1.54, 1.807) is 5.01 Å². The van der Waals surface area contributed by atoms with Crippen LogP contribution in [0, 0.1) is 0 Å². The van der Waals surface area contributed by atoms with E-state index in [1.165, 1.54) is 0 Å². The van der Waals surface area contributed by atoms with Crippen LogP contribution in [-0.2, 0) is 4.79 Å². The minimum atomic E-state index is 0.0613. The number of carbonyl (C=O) groups is 1. The third-order valence-electron chi connectivity index (χ3n) is 1.54. The van der Waals surface area contributed by atoms with E-state index in [2.05, 4.69) is 5.43 Å². The monoisotopic (exact) mass is 187 g/mol. The summed E-state index contributed by atoms with van der Waals surface area (Å²) in [6, 6.07) is 0.436. The highest BCUT2D eigenvalue weighted by Gasteiger charge is 2.16. The number of hydrogen-bond donors (Lipinski definition) is 2. The van der Waals surface area contributed by atoms with Gasteiger partial charge in [0.1, 0.15) is 0 Å². The number of nitrogens with one attached hydrogen (secondary N) is 1. The van der Waals surface area contributed by atoms with E-state index in [0.29, 0.717) is 13.0 Å². The van der Waals surface area contributed by atoms with Gasteiger partial charge in [-0.3, -0.25) is 9.80 Å². The number of hydrogen-bond acceptors (Lipinski definition) is 3. The zero-order valence-electron chi connectivity index (χ0n) is 9.00. The van der Waals surface area contributed by atoms with Crippen molar-refractivity contribution in [1.29, 1.82) is 0 Å². The van der Waals surface area contributed by atoms with E-state index < -0.39 is 0 Å². The summed E-state index contributed by atoms with van der Waals surface area (Å²) in [6.07, 6.45) is 0.401. The molecule has 4 heteroatoms. The van der Waals surface area contributed by atoms with Gasteiger partial charge in [0.15, 0.2) is 0 Å². The molecule has 1 amide bonds. The summed E-state index contributed by atoms with van der Waals surface area (Å²) in [6.45, 7) is 8.37. The van der Waals surface area contributed by atoms with Crippen molar-refractivity contribution < 1.29 is 4.79 Å². The van der Waals surface area contributed by atoms with Crippen LogP contribution in [0.5, 0.6) is 0 Å². The predicted octanol–water partition coefficient (Wildman–Crippen LogP) is 0.485. The molecule has 4 nitrogen and oxygen atoms in total. The third-order valence-corrected chi connectivity index (χ3v) is 1.54. The molecule has 0 saturated heterocycles. The number of hydrazine groups is 1. The summed E-state index contributed by atoms with van der Waals surface area (Å²) in [4.78, 5) is 11.5. The van der Waals surface area contributed by atoms with Gasteiger partial charge in [-0.05, 0) is 27.7 Å². The fraction of sp³-hybridized carbons (Fsp3) is 0.889. The van der Waals surface area contributed by atoms with Gasteiger partial charge in [-0.2, -0.15) is 0 Å². The molecule has 0 rings (SSSR count). The first kappa shape index (κ1) is 12.4. The van der Waals surface area contributed by atoms with Crippen LogP contribution < -0.4 is 11.2 Å². The molecule has 0 bridgehead atoms. The van der Waals surface area contributed by atoms with Crippen LogP contribution in [0.25, 0.3) is 0 Å². The van der Waals surface area contributed by atoms with Gasteiger partial charge in [0.25, 0.3) is 0 Å². The highest BCUT2D eigenvalue weighted by molar-refractivity contribution is 5.76. The molecule has 78 valence electrons. The first-order valence-electron chi connectivity index (χ1n) is 4.77. The lowest BCUT2D eigenvalue weighted by Gasteiger charge is -2.29. The molecule has 0 aliphatic rings. The molecule has 13 heavy (non-hydrogen) atoms. The Hall–Kier alpha value is -0.610. The van der Waals surface area contributed by atoms with E-state index >= 15 is 0 Å². The lowest BCUT2D eigenvalue weighted by Crippen LogP contribution is -2.50. The Morgan fingerprint density at radius 3 is 2.23 bits per heavy atom. The Labute approximate surface area is 80.4 Å². The smallest absolute Gasteiger partial charge is 0.238 e. The number of amides is 1. The minimum Gasteiger partial charge on any atom is -0.330 e. The molecule has 0 spiro atoms. The van der Waals surface area contributed by atoms with Crippen molar-refractivity contribution in [2.45, 2.75) is 46.2 Å². The van der Waals surface area contributed by atoms with Gasteiger partial charge in [-0.1, -0.05) is 0 Å². The Bertz CT molecular complexity index is 157. The quantitative estimate of drug-likeness (QED) is 0.616. The Morgan fingerprint density at radius 2 is 1.92 bits per heavy atom. The molecule has 0 radical (unpaired) electrons. The maximum absolute atomic E-state index is 11.5.